The minimum Gasteiger partial charge on any atom is -0.481 e. The van der Waals surface area contributed by atoms with Gasteiger partial charge in [0.25, 0.3) is 5.91 Å². The first-order valence-corrected chi connectivity index (χ1v) is 6.63. The molecule has 21 heavy (non-hydrogen) atoms. The summed E-state index contributed by atoms with van der Waals surface area (Å²) in [6.07, 6.45) is 3.46. The Morgan fingerprint density at radius 2 is 1.95 bits per heavy atom. The molecule has 1 amide bonds. The van der Waals surface area contributed by atoms with Gasteiger partial charge in [-0.25, -0.2) is 0 Å². The standard InChI is InChI=1S/C15H17N3O3/c1-15(2,7-6-12(19)20)18-14(21)10-4-3-5-11-13(10)17-9-8-16-11/h3-5,8-9H,6-7H2,1-2H3,(H,18,21)(H,19,20). The fraction of sp³-hybridized carbons (Fsp3) is 0.333. The quantitative estimate of drug-likeness (QED) is 0.877. The molecule has 2 rings (SSSR count). The predicted octanol–water partition coefficient (Wildman–Crippen LogP) is 2.00. The van der Waals surface area contributed by atoms with Crippen molar-refractivity contribution in [3.63, 3.8) is 0 Å². The Morgan fingerprint density at radius 1 is 1.24 bits per heavy atom. The average molecular weight is 287 g/mol. The number of nitrogens with one attached hydrogen (secondary N) is 1. The smallest absolute Gasteiger partial charge is 0.303 e. The van der Waals surface area contributed by atoms with Gasteiger partial charge >= 0.3 is 5.97 Å². The van der Waals surface area contributed by atoms with E-state index in [0.717, 1.165) is 0 Å². The molecule has 0 unspecified atom stereocenters. The lowest BCUT2D eigenvalue weighted by Crippen LogP contribution is -2.43. The Kier molecular flexibility index (Phi) is 4.16. The SMILES string of the molecule is CC(C)(CCC(=O)O)NC(=O)c1cccc2nccnc12. The summed E-state index contributed by atoms with van der Waals surface area (Å²) < 4.78 is 0. The van der Waals surface area contributed by atoms with E-state index in [9.17, 15) is 9.59 Å². The van der Waals surface area contributed by atoms with Crippen LogP contribution in [0, 0.1) is 0 Å². The number of nitrogens with zero attached hydrogens (tertiary/aromatic N) is 2. The summed E-state index contributed by atoms with van der Waals surface area (Å²) in [5.41, 5.74) is 1.00. The first kappa shape index (κ1) is 14.9. The largest absolute Gasteiger partial charge is 0.481 e. The van der Waals surface area contributed by atoms with Crippen LogP contribution in [-0.4, -0.2) is 32.5 Å². The van der Waals surface area contributed by atoms with E-state index in [1.807, 2.05) is 0 Å². The van der Waals surface area contributed by atoms with E-state index < -0.39 is 11.5 Å². The van der Waals surface area contributed by atoms with Crippen molar-refractivity contribution in [3.8, 4) is 0 Å². The van der Waals surface area contributed by atoms with Crippen molar-refractivity contribution < 1.29 is 14.7 Å². The number of aromatic nitrogens is 2. The molecule has 1 aromatic carbocycles. The third-order valence-electron chi connectivity index (χ3n) is 3.16. The highest BCUT2D eigenvalue weighted by atomic mass is 16.4. The van der Waals surface area contributed by atoms with Crippen LogP contribution < -0.4 is 5.32 Å². The average Bonchev–Trinajstić information content (AvgIpc) is 2.44. The van der Waals surface area contributed by atoms with Gasteiger partial charge in [-0.2, -0.15) is 0 Å². The molecule has 1 heterocycles. The van der Waals surface area contributed by atoms with Crippen LogP contribution in [-0.2, 0) is 4.79 Å². The molecule has 0 fully saturated rings. The van der Waals surface area contributed by atoms with Crippen LogP contribution in [0.3, 0.4) is 0 Å². The molecule has 0 spiro atoms. The fourth-order valence-corrected chi connectivity index (χ4v) is 2.03. The maximum absolute atomic E-state index is 12.4. The highest BCUT2D eigenvalue weighted by molar-refractivity contribution is 6.04. The van der Waals surface area contributed by atoms with Gasteiger partial charge in [0.15, 0.2) is 0 Å². The van der Waals surface area contributed by atoms with Gasteiger partial charge in [0.05, 0.1) is 11.1 Å². The van der Waals surface area contributed by atoms with Crippen LogP contribution in [0.5, 0.6) is 0 Å². The van der Waals surface area contributed by atoms with Crippen molar-refractivity contribution >= 4 is 22.9 Å². The van der Waals surface area contributed by atoms with Crippen LogP contribution in [0.1, 0.15) is 37.0 Å². The zero-order valence-electron chi connectivity index (χ0n) is 12.0. The number of carbonyl (C=O) groups excluding carboxylic acids is 1. The molecule has 0 aliphatic heterocycles. The van der Waals surface area contributed by atoms with Crippen LogP contribution in [0.25, 0.3) is 11.0 Å². The lowest BCUT2D eigenvalue weighted by atomic mass is 9.97. The molecule has 0 saturated heterocycles. The Labute approximate surface area is 122 Å². The highest BCUT2D eigenvalue weighted by Gasteiger charge is 2.23. The maximum Gasteiger partial charge on any atom is 0.303 e. The number of aliphatic carboxylic acids is 1. The van der Waals surface area contributed by atoms with E-state index in [0.29, 0.717) is 23.0 Å². The normalized spacial score (nSPS) is 11.3. The third kappa shape index (κ3) is 3.75. The second-order valence-electron chi connectivity index (χ2n) is 5.46. The molecule has 0 aliphatic rings. The number of carboxylic acids is 1. The van der Waals surface area contributed by atoms with Gasteiger partial charge in [0.2, 0.25) is 0 Å². The molecule has 6 heteroatoms. The Bertz CT molecular complexity index is 677. The Balaban J connectivity index is 2.21. The summed E-state index contributed by atoms with van der Waals surface area (Å²) in [6, 6.07) is 5.21. The minimum absolute atomic E-state index is 0.00260. The van der Waals surface area contributed by atoms with Gasteiger partial charge in [-0.15, -0.1) is 0 Å². The maximum atomic E-state index is 12.4. The number of hydrogen-bond donors (Lipinski definition) is 2. The van der Waals surface area contributed by atoms with Crippen molar-refractivity contribution in [2.45, 2.75) is 32.2 Å². The summed E-state index contributed by atoms with van der Waals surface area (Å²) >= 11 is 0. The van der Waals surface area contributed by atoms with Gasteiger partial charge in [-0.05, 0) is 32.4 Å². The number of amides is 1. The zero-order chi connectivity index (χ0) is 15.5. The first-order chi connectivity index (χ1) is 9.89. The van der Waals surface area contributed by atoms with Crippen molar-refractivity contribution in [1.29, 1.82) is 0 Å². The van der Waals surface area contributed by atoms with E-state index in [4.69, 9.17) is 5.11 Å². The molecule has 0 radical (unpaired) electrons. The fourth-order valence-electron chi connectivity index (χ4n) is 2.03. The molecule has 110 valence electrons. The lowest BCUT2D eigenvalue weighted by Gasteiger charge is -2.25. The summed E-state index contributed by atoms with van der Waals surface area (Å²) in [5.74, 6) is -1.16. The van der Waals surface area contributed by atoms with E-state index in [1.54, 1.807) is 38.2 Å². The number of para-hydroxylation sites is 1. The molecule has 2 N–H and O–H groups in total. The van der Waals surface area contributed by atoms with Gasteiger partial charge in [-0.3, -0.25) is 19.6 Å². The molecule has 1 aromatic heterocycles. The number of carboxylic acid groups (broad SMARTS) is 1. The Hall–Kier alpha value is -2.50. The van der Waals surface area contributed by atoms with E-state index in [2.05, 4.69) is 15.3 Å². The number of benzene rings is 1. The van der Waals surface area contributed by atoms with Crippen LogP contribution in [0.15, 0.2) is 30.6 Å². The van der Waals surface area contributed by atoms with E-state index in [1.165, 1.54) is 6.20 Å². The lowest BCUT2D eigenvalue weighted by molar-refractivity contribution is -0.137. The van der Waals surface area contributed by atoms with Crippen molar-refractivity contribution in [2.75, 3.05) is 0 Å². The summed E-state index contributed by atoms with van der Waals surface area (Å²) in [6.45, 7) is 3.59. The van der Waals surface area contributed by atoms with E-state index in [-0.39, 0.29) is 12.3 Å². The number of carbonyl (C=O) groups is 2. The van der Waals surface area contributed by atoms with Crippen molar-refractivity contribution in [2.24, 2.45) is 0 Å². The third-order valence-corrected chi connectivity index (χ3v) is 3.16. The summed E-state index contributed by atoms with van der Waals surface area (Å²) in [7, 11) is 0. The van der Waals surface area contributed by atoms with E-state index >= 15 is 0 Å². The van der Waals surface area contributed by atoms with Gasteiger partial charge < -0.3 is 10.4 Å². The molecular weight excluding hydrogens is 270 g/mol. The molecule has 2 aromatic rings. The van der Waals surface area contributed by atoms with Crippen molar-refractivity contribution in [1.82, 2.24) is 15.3 Å². The molecular formula is C15H17N3O3. The highest BCUT2D eigenvalue weighted by Crippen LogP contribution is 2.17. The predicted molar refractivity (Wildman–Crippen MR) is 78.0 cm³/mol. The zero-order valence-corrected chi connectivity index (χ0v) is 12.0. The van der Waals surface area contributed by atoms with Crippen molar-refractivity contribution in [3.05, 3.63) is 36.2 Å². The first-order valence-electron chi connectivity index (χ1n) is 6.63. The van der Waals surface area contributed by atoms with Crippen LogP contribution in [0.2, 0.25) is 0 Å². The summed E-state index contributed by atoms with van der Waals surface area (Å²) in [4.78, 5) is 31.4. The minimum atomic E-state index is -0.881. The van der Waals surface area contributed by atoms with Crippen LogP contribution in [0.4, 0.5) is 0 Å². The molecule has 0 saturated carbocycles. The molecule has 0 aliphatic carbocycles. The number of rotatable bonds is 5. The monoisotopic (exact) mass is 287 g/mol. The summed E-state index contributed by atoms with van der Waals surface area (Å²) in [5, 5.41) is 11.6. The Morgan fingerprint density at radius 3 is 2.67 bits per heavy atom. The van der Waals surface area contributed by atoms with Gasteiger partial charge in [-0.1, -0.05) is 6.07 Å². The van der Waals surface area contributed by atoms with Crippen LogP contribution >= 0.6 is 0 Å². The number of hydrogen-bond acceptors (Lipinski definition) is 4. The van der Waals surface area contributed by atoms with Gasteiger partial charge in [0, 0.05) is 24.4 Å². The van der Waals surface area contributed by atoms with Gasteiger partial charge in [0.1, 0.15) is 5.52 Å². The molecule has 0 atom stereocenters. The molecule has 0 bridgehead atoms. The number of fused-ring (bicyclic) bond motifs is 1. The topological polar surface area (TPSA) is 92.2 Å². The second kappa shape index (κ2) is 5.87. The second-order valence-corrected chi connectivity index (χ2v) is 5.46. The molecule has 6 nitrogen and oxygen atoms in total.